The molecule has 0 fully saturated rings. The molecule has 24 heavy (non-hydrogen) atoms. The van der Waals surface area contributed by atoms with Crippen LogP contribution in [0.15, 0.2) is 46.6 Å². The molecule has 2 aromatic carbocycles. The van der Waals surface area contributed by atoms with E-state index in [1.807, 2.05) is 19.1 Å². The van der Waals surface area contributed by atoms with Crippen LogP contribution in [0, 0.1) is 10.1 Å². The molecule has 2 aromatic rings. The van der Waals surface area contributed by atoms with Crippen LogP contribution < -0.4 is 5.32 Å². The fraction of sp³-hybridized carbons (Fsp3) is 0.250. The monoisotopic (exact) mass is 348 g/mol. The predicted octanol–water partition coefficient (Wildman–Crippen LogP) is 4.63. The van der Waals surface area contributed by atoms with Crippen molar-refractivity contribution >= 4 is 34.4 Å². The number of hydrogen-bond acceptors (Lipinski definition) is 6. The molecule has 0 heterocycles. The third-order valence-electron chi connectivity index (χ3n) is 3.23. The van der Waals surface area contributed by atoms with Gasteiger partial charge in [0.15, 0.2) is 0 Å². The summed E-state index contributed by atoms with van der Waals surface area (Å²) in [6, 6.07) is 9.77. The largest absolute Gasteiger partial charge is 0.396 e. The number of nitro benzene ring substituents is 1. The van der Waals surface area contributed by atoms with Crippen LogP contribution in [0.25, 0.3) is 0 Å². The summed E-state index contributed by atoms with van der Waals surface area (Å²) in [7, 11) is 0. The molecule has 0 amide bonds. The average Bonchev–Trinajstić information content (AvgIpc) is 2.54. The molecule has 0 saturated heterocycles. The molecule has 0 bridgehead atoms. The molecule has 0 radical (unpaired) electrons. The van der Waals surface area contributed by atoms with Crippen molar-refractivity contribution in [3.05, 3.63) is 57.1 Å². The van der Waals surface area contributed by atoms with E-state index in [2.05, 4.69) is 15.5 Å². The highest BCUT2D eigenvalue weighted by Crippen LogP contribution is 2.31. The molecule has 7 nitrogen and oxygen atoms in total. The number of aliphatic hydroxyl groups is 1. The lowest BCUT2D eigenvalue weighted by Gasteiger charge is -2.08. The second-order valence-electron chi connectivity index (χ2n) is 4.95. The first-order valence-electron chi connectivity index (χ1n) is 7.38. The van der Waals surface area contributed by atoms with Gasteiger partial charge in [-0.1, -0.05) is 17.7 Å². The van der Waals surface area contributed by atoms with Gasteiger partial charge in [-0.3, -0.25) is 10.1 Å². The molecular weight excluding hydrogens is 332 g/mol. The molecule has 0 spiro atoms. The van der Waals surface area contributed by atoms with Crippen molar-refractivity contribution in [3.8, 4) is 0 Å². The lowest BCUT2D eigenvalue weighted by atomic mass is 10.1. The Kier molecular flexibility index (Phi) is 6.22. The minimum Gasteiger partial charge on any atom is -0.396 e. The Morgan fingerprint density at radius 3 is 2.67 bits per heavy atom. The normalized spacial score (nSPS) is 11.0. The molecule has 8 heteroatoms. The molecular formula is C16H17ClN4O3. The van der Waals surface area contributed by atoms with Gasteiger partial charge in [0.25, 0.3) is 5.69 Å². The highest BCUT2D eigenvalue weighted by atomic mass is 35.5. The van der Waals surface area contributed by atoms with E-state index in [4.69, 9.17) is 16.7 Å². The van der Waals surface area contributed by atoms with Gasteiger partial charge in [0.2, 0.25) is 0 Å². The van der Waals surface area contributed by atoms with Gasteiger partial charge in [0, 0.05) is 19.2 Å². The quantitative estimate of drug-likeness (QED) is 0.432. The number of azo groups is 1. The topological polar surface area (TPSA) is 100 Å². The third-order valence-corrected chi connectivity index (χ3v) is 3.53. The Labute approximate surface area is 144 Å². The molecule has 0 unspecified atom stereocenters. The minimum atomic E-state index is -0.549. The molecule has 2 N–H and O–H groups in total. The second-order valence-corrected chi connectivity index (χ2v) is 5.36. The van der Waals surface area contributed by atoms with Crippen LogP contribution in [0.4, 0.5) is 22.7 Å². The summed E-state index contributed by atoms with van der Waals surface area (Å²) >= 11 is 5.86. The fourth-order valence-electron chi connectivity index (χ4n) is 2.10. The fourth-order valence-corrected chi connectivity index (χ4v) is 2.35. The lowest BCUT2D eigenvalue weighted by molar-refractivity contribution is -0.384. The van der Waals surface area contributed by atoms with Crippen LogP contribution in [0.3, 0.4) is 0 Å². The molecule has 126 valence electrons. The third kappa shape index (κ3) is 4.50. The summed E-state index contributed by atoms with van der Waals surface area (Å²) in [6.45, 7) is 2.76. The molecule has 0 aliphatic rings. The summed E-state index contributed by atoms with van der Waals surface area (Å²) in [5.74, 6) is 0. The minimum absolute atomic E-state index is 0.0154. The van der Waals surface area contributed by atoms with Crippen molar-refractivity contribution in [3.63, 3.8) is 0 Å². The Bertz CT molecular complexity index is 765. The highest BCUT2D eigenvalue weighted by molar-refractivity contribution is 6.32. The number of nitrogens with zero attached hydrogens (tertiary/aromatic N) is 3. The van der Waals surface area contributed by atoms with E-state index in [-0.39, 0.29) is 17.3 Å². The first kappa shape index (κ1) is 17.8. The van der Waals surface area contributed by atoms with Crippen molar-refractivity contribution in [2.24, 2.45) is 10.2 Å². The van der Waals surface area contributed by atoms with Crippen molar-refractivity contribution in [2.45, 2.75) is 13.3 Å². The Balaban J connectivity index is 2.27. The summed E-state index contributed by atoms with van der Waals surface area (Å²) in [5, 5.41) is 31.3. The predicted molar refractivity (Wildman–Crippen MR) is 93.7 cm³/mol. The first-order valence-corrected chi connectivity index (χ1v) is 7.76. The van der Waals surface area contributed by atoms with E-state index in [1.165, 1.54) is 18.2 Å². The zero-order valence-corrected chi connectivity index (χ0v) is 13.8. The average molecular weight is 349 g/mol. The summed E-state index contributed by atoms with van der Waals surface area (Å²) < 4.78 is 0. The zero-order chi connectivity index (χ0) is 17.5. The van der Waals surface area contributed by atoms with E-state index in [1.54, 1.807) is 6.07 Å². The van der Waals surface area contributed by atoms with Crippen LogP contribution in [-0.2, 0) is 6.42 Å². The van der Waals surface area contributed by atoms with Gasteiger partial charge in [-0.2, -0.15) is 5.11 Å². The highest BCUT2D eigenvalue weighted by Gasteiger charge is 2.12. The van der Waals surface area contributed by atoms with Gasteiger partial charge in [-0.15, -0.1) is 5.11 Å². The number of hydrogen-bond donors (Lipinski definition) is 2. The number of nitro groups is 1. The zero-order valence-electron chi connectivity index (χ0n) is 13.1. The molecule has 0 aromatic heterocycles. The molecule has 0 aliphatic heterocycles. The van der Waals surface area contributed by atoms with Crippen molar-refractivity contribution < 1.29 is 10.0 Å². The number of aliphatic hydroxyl groups excluding tert-OH is 1. The molecule has 0 aliphatic carbocycles. The van der Waals surface area contributed by atoms with E-state index < -0.39 is 4.92 Å². The van der Waals surface area contributed by atoms with Crippen molar-refractivity contribution in [1.29, 1.82) is 0 Å². The maximum absolute atomic E-state index is 10.8. The number of benzene rings is 2. The maximum Gasteiger partial charge on any atom is 0.288 e. The van der Waals surface area contributed by atoms with Gasteiger partial charge in [-0.25, -0.2) is 0 Å². The van der Waals surface area contributed by atoms with Crippen LogP contribution in [0.5, 0.6) is 0 Å². The molecule has 0 atom stereocenters. The second kappa shape index (κ2) is 8.37. The van der Waals surface area contributed by atoms with Gasteiger partial charge in [0.1, 0.15) is 10.7 Å². The Hall–Kier alpha value is -2.51. The standard InChI is InChI=1S/C16H17ClN4O3/c1-2-18-15-9-11(7-8-22)3-5-14(15)20-19-12-4-6-16(21(23)24)13(17)10-12/h3-6,9-10,18,22H,2,7-8H2,1H3. The van der Waals surface area contributed by atoms with Crippen LogP contribution in [0.1, 0.15) is 12.5 Å². The van der Waals surface area contributed by atoms with E-state index in [0.717, 1.165) is 11.3 Å². The van der Waals surface area contributed by atoms with Crippen LogP contribution >= 0.6 is 11.6 Å². The molecule has 0 saturated carbocycles. The summed E-state index contributed by atoms with van der Waals surface area (Å²) in [5.41, 5.74) is 2.68. The lowest BCUT2D eigenvalue weighted by Crippen LogP contribution is -1.98. The van der Waals surface area contributed by atoms with Gasteiger partial charge in [-0.05, 0) is 43.2 Å². The van der Waals surface area contributed by atoms with Crippen LogP contribution in [-0.4, -0.2) is 23.2 Å². The molecule has 2 rings (SSSR count). The smallest absolute Gasteiger partial charge is 0.288 e. The number of anilines is 1. The summed E-state index contributed by atoms with van der Waals surface area (Å²) in [4.78, 5) is 10.2. The van der Waals surface area contributed by atoms with Gasteiger partial charge in [0.05, 0.1) is 16.3 Å². The van der Waals surface area contributed by atoms with Crippen molar-refractivity contribution in [1.82, 2.24) is 0 Å². The Morgan fingerprint density at radius 1 is 1.25 bits per heavy atom. The van der Waals surface area contributed by atoms with Gasteiger partial charge < -0.3 is 10.4 Å². The van der Waals surface area contributed by atoms with Crippen LogP contribution in [0.2, 0.25) is 5.02 Å². The van der Waals surface area contributed by atoms with E-state index in [9.17, 15) is 10.1 Å². The first-order chi connectivity index (χ1) is 11.5. The van der Waals surface area contributed by atoms with Crippen molar-refractivity contribution in [2.75, 3.05) is 18.5 Å². The summed E-state index contributed by atoms with van der Waals surface area (Å²) in [6.07, 6.45) is 0.563. The Morgan fingerprint density at radius 2 is 2.04 bits per heavy atom. The SMILES string of the molecule is CCNc1cc(CCO)ccc1N=Nc1ccc([N+](=O)[O-])c(Cl)c1. The number of halogens is 1. The van der Waals surface area contributed by atoms with E-state index in [0.29, 0.717) is 24.3 Å². The maximum atomic E-state index is 10.8. The van der Waals surface area contributed by atoms with E-state index >= 15 is 0 Å². The van der Waals surface area contributed by atoms with Gasteiger partial charge >= 0.3 is 0 Å². The number of nitrogens with one attached hydrogen (secondary N) is 1. The number of rotatable bonds is 7.